The lowest BCUT2D eigenvalue weighted by atomic mass is 10.2. The van der Waals surface area contributed by atoms with Crippen LogP contribution in [0.5, 0.6) is 0 Å². The standard InChI is InChI=1S/C15H14ClFN6/c1-9-5-12(3-4-14(9)17)23-8-11(21-22-23)6-18-15-19-7-13(16)10(2)20-15/h3-5,7-8H,6H2,1-2H3,(H,18,19,20). The first-order valence-corrected chi connectivity index (χ1v) is 7.31. The number of rotatable bonds is 4. The van der Waals surface area contributed by atoms with Gasteiger partial charge in [0.2, 0.25) is 5.95 Å². The summed E-state index contributed by atoms with van der Waals surface area (Å²) in [5.74, 6) is 0.227. The van der Waals surface area contributed by atoms with Gasteiger partial charge in [-0.1, -0.05) is 16.8 Å². The maximum Gasteiger partial charge on any atom is 0.223 e. The van der Waals surface area contributed by atoms with Crippen molar-refractivity contribution in [3.05, 3.63) is 58.4 Å². The lowest BCUT2D eigenvalue weighted by Crippen LogP contribution is -2.04. The third-order valence-electron chi connectivity index (χ3n) is 3.29. The zero-order chi connectivity index (χ0) is 16.4. The SMILES string of the molecule is Cc1cc(-n2cc(CNc3ncc(Cl)c(C)n3)nn2)ccc1F. The zero-order valence-electron chi connectivity index (χ0n) is 12.6. The van der Waals surface area contributed by atoms with Crippen molar-refractivity contribution in [1.82, 2.24) is 25.0 Å². The van der Waals surface area contributed by atoms with Crippen LogP contribution in [0, 0.1) is 19.7 Å². The maximum atomic E-state index is 13.3. The van der Waals surface area contributed by atoms with E-state index >= 15 is 0 Å². The molecule has 0 spiro atoms. The minimum atomic E-state index is -0.244. The molecule has 3 rings (SSSR count). The normalized spacial score (nSPS) is 10.8. The fraction of sp³-hybridized carbons (Fsp3) is 0.200. The van der Waals surface area contributed by atoms with E-state index in [1.807, 2.05) is 6.92 Å². The van der Waals surface area contributed by atoms with Crippen LogP contribution in [0.15, 0.2) is 30.6 Å². The average Bonchev–Trinajstić information content (AvgIpc) is 3.00. The predicted octanol–water partition coefficient (Wildman–Crippen LogP) is 3.08. The summed E-state index contributed by atoms with van der Waals surface area (Å²) in [6, 6.07) is 4.78. The van der Waals surface area contributed by atoms with Crippen molar-refractivity contribution in [3.63, 3.8) is 0 Å². The molecule has 6 nitrogen and oxygen atoms in total. The Hall–Kier alpha value is -2.54. The van der Waals surface area contributed by atoms with Crippen molar-refractivity contribution in [3.8, 4) is 5.69 Å². The molecule has 1 N–H and O–H groups in total. The fourth-order valence-corrected chi connectivity index (χ4v) is 2.08. The highest BCUT2D eigenvalue weighted by Crippen LogP contribution is 2.14. The highest BCUT2D eigenvalue weighted by molar-refractivity contribution is 6.31. The number of nitrogens with one attached hydrogen (secondary N) is 1. The fourth-order valence-electron chi connectivity index (χ4n) is 1.98. The van der Waals surface area contributed by atoms with E-state index in [4.69, 9.17) is 11.6 Å². The monoisotopic (exact) mass is 332 g/mol. The second-order valence-electron chi connectivity index (χ2n) is 5.07. The van der Waals surface area contributed by atoms with Crippen LogP contribution in [0.1, 0.15) is 17.0 Å². The van der Waals surface area contributed by atoms with Gasteiger partial charge in [0.1, 0.15) is 11.5 Å². The molecule has 0 bridgehead atoms. The Labute approximate surface area is 137 Å². The van der Waals surface area contributed by atoms with E-state index in [2.05, 4.69) is 25.6 Å². The van der Waals surface area contributed by atoms with Gasteiger partial charge >= 0.3 is 0 Å². The third-order valence-corrected chi connectivity index (χ3v) is 3.67. The minimum Gasteiger partial charge on any atom is -0.348 e. The number of anilines is 1. The molecule has 0 atom stereocenters. The average molecular weight is 333 g/mol. The van der Waals surface area contributed by atoms with E-state index in [-0.39, 0.29) is 5.82 Å². The highest BCUT2D eigenvalue weighted by atomic mass is 35.5. The second-order valence-corrected chi connectivity index (χ2v) is 5.48. The molecule has 1 aromatic carbocycles. The number of aromatic nitrogens is 5. The van der Waals surface area contributed by atoms with Crippen LogP contribution in [0.3, 0.4) is 0 Å². The van der Waals surface area contributed by atoms with Crippen LogP contribution in [-0.4, -0.2) is 25.0 Å². The second kappa shape index (κ2) is 6.29. The van der Waals surface area contributed by atoms with Gasteiger partial charge in [-0.2, -0.15) is 0 Å². The first-order chi connectivity index (χ1) is 11.0. The van der Waals surface area contributed by atoms with Crippen molar-refractivity contribution in [1.29, 1.82) is 0 Å². The quantitative estimate of drug-likeness (QED) is 0.795. The summed E-state index contributed by atoms with van der Waals surface area (Å²) in [5.41, 5.74) is 2.72. The molecule has 2 aromatic heterocycles. The van der Waals surface area contributed by atoms with E-state index in [1.165, 1.54) is 6.07 Å². The summed E-state index contributed by atoms with van der Waals surface area (Å²) in [4.78, 5) is 8.31. The van der Waals surface area contributed by atoms with E-state index < -0.39 is 0 Å². The van der Waals surface area contributed by atoms with Gasteiger partial charge in [-0.15, -0.1) is 5.10 Å². The molecule has 0 unspecified atom stereocenters. The number of benzene rings is 1. The molecule has 2 heterocycles. The molecule has 0 saturated heterocycles. The van der Waals surface area contributed by atoms with Gasteiger partial charge in [0.15, 0.2) is 0 Å². The first-order valence-electron chi connectivity index (χ1n) is 6.93. The van der Waals surface area contributed by atoms with Crippen molar-refractivity contribution in [2.24, 2.45) is 0 Å². The van der Waals surface area contributed by atoms with Crippen molar-refractivity contribution in [2.45, 2.75) is 20.4 Å². The van der Waals surface area contributed by atoms with Crippen LogP contribution in [0.2, 0.25) is 5.02 Å². The molecular formula is C15H14ClFN6. The molecule has 0 aliphatic heterocycles. The number of halogens is 2. The summed E-state index contributed by atoms with van der Waals surface area (Å²) < 4.78 is 14.9. The number of hydrogen-bond acceptors (Lipinski definition) is 5. The Balaban J connectivity index is 1.71. The lowest BCUT2D eigenvalue weighted by Gasteiger charge is -2.04. The highest BCUT2D eigenvalue weighted by Gasteiger charge is 2.06. The number of aryl methyl sites for hydroxylation is 2. The molecule has 23 heavy (non-hydrogen) atoms. The van der Waals surface area contributed by atoms with E-state index in [1.54, 1.807) is 36.1 Å². The third kappa shape index (κ3) is 3.45. The van der Waals surface area contributed by atoms with Crippen molar-refractivity contribution in [2.75, 3.05) is 5.32 Å². The van der Waals surface area contributed by atoms with Crippen LogP contribution >= 0.6 is 11.6 Å². The Morgan fingerprint density at radius 3 is 2.87 bits per heavy atom. The van der Waals surface area contributed by atoms with Gasteiger partial charge in [0, 0.05) is 0 Å². The molecule has 8 heteroatoms. The predicted molar refractivity (Wildman–Crippen MR) is 85.2 cm³/mol. The van der Waals surface area contributed by atoms with Gasteiger partial charge in [-0.25, -0.2) is 19.0 Å². The minimum absolute atomic E-state index is 0.244. The Bertz CT molecular complexity index is 848. The molecule has 0 saturated carbocycles. The van der Waals surface area contributed by atoms with Crippen LogP contribution in [0.4, 0.5) is 10.3 Å². The van der Waals surface area contributed by atoms with E-state index in [9.17, 15) is 4.39 Å². The topological polar surface area (TPSA) is 68.5 Å². The van der Waals surface area contributed by atoms with Crippen LogP contribution in [0.25, 0.3) is 5.69 Å². The Morgan fingerprint density at radius 1 is 1.30 bits per heavy atom. The van der Waals surface area contributed by atoms with Gasteiger partial charge in [0.05, 0.1) is 35.3 Å². The van der Waals surface area contributed by atoms with Gasteiger partial charge in [-0.3, -0.25) is 0 Å². The zero-order valence-corrected chi connectivity index (χ0v) is 13.3. The molecule has 3 aromatic rings. The number of hydrogen-bond donors (Lipinski definition) is 1. The van der Waals surface area contributed by atoms with Crippen molar-refractivity contribution < 1.29 is 4.39 Å². The van der Waals surface area contributed by atoms with E-state index in [0.29, 0.717) is 34.5 Å². The van der Waals surface area contributed by atoms with Gasteiger partial charge < -0.3 is 5.32 Å². The molecular weight excluding hydrogens is 319 g/mol. The smallest absolute Gasteiger partial charge is 0.223 e. The van der Waals surface area contributed by atoms with Gasteiger partial charge in [-0.05, 0) is 37.6 Å². The van der Waals surface area contributed by atoms with Crippen molar-refractivity contribution >= 4 is 17.5 Å². The van der Waals surface area contributed by atoms with E-state index in [0.717, 1.165) is 5.69 Å². The molecule has 0 radical (unpaired) electrons. The first kappa shape index (κ1) is 15.4. The van der Waals surface area contributed by atoms with Crippen LogP contribution < -0.4 is 5.32 Å². The molecule has 0 amide bonds. The maximum absolute atomic E-state index is 13.3. The Morgan fingerprint density at radius 2 is 2.13 bits per heavy atom. The number of nitrogens with zero attached hydrogens (tertiary/aromatic N) is 5. The molecule has 118 valence electrons. The van der Waals surface area contributed by atoms with Crippen LogP contribution in [-0.2, 0) is 6.54 Å². The summed E-state index contributed by atoms with van der Waals surface area (Å²) in [6.07, 6.45) is 3.31. The largest absolute Gasteiger partial charge is 0.348 e. The summed E-state index contributed by atoms with van der Waals surface area (Å²) in [7, 11) is 0. The summed E-state index contributed by atoms with van der Waals surface area (Å²) in [6.45, 7) is 3.93. The summed E-state index contributed by atoms with van der Waals surface area (Å²) >= 11 is 5.89. The molecule has 0 aliphatic carbocycles. The summed E-state index contributed by atoms with van der Waals surface area (Å²) in [5, 5.41) is 11.7. The Kier molecular flexibility index (Phi) is 4.20. The molecule has 0 fully saturated rings. The molecule has 0 aliphatic rings. The lowest BCUT2D eigenvalue weighted by molar-refractivity contribution is 0.617. The van der Waals surface area contributed by atoms with Gasteiger partial charge in [0.25, 0.3) is 0 Å².